The number of carbonyl (C=O) groups is 1. The van der Waals surface area contributed by atoms with Crippen LogP contribution in [0, 0.1) is 6.92 Å². The second-order valence-corrected chi connectivity index (χ2v) is 8.53. The SMILES string of the molecule is Cc1ccc([C@H](C)NC(=O)c2ccc(S(=O)(=O)Nc3cccc(C(F)(F)F)c3)cc2)o1. The van der Waals surface area contributed by atoms with Crippen LogP contribution in [0.4, 0.5) is 18.9 Å². The summed E-state index contributed by atoms with van der Waals surface area (Å²) in [6.07, 6.45) is -4.60. The number of benzene rings is 2. The Bertz CT molecular complexity index is 1190. The first-order valence-electron chi connectivity index (χ1n) is 9.13. The largest absolute Gasteiger partial charge is 0.464 e. The summed E-state index contributed by atoms with van der Waals surface area (Å²) >= 11 is 0. The van der Waals surface area contributed by atoms with Crippen molar-refractivity contribution in [2.24, 2.45) is 0 Å². The summed E-state index contributed by atoms with van der Waals surface area (Å²) in [5.41, 5.74) is -0.979. The fourth-order valence-corrected chi connectivity index (χ4v) is 3.85. The maximum atomic E-state index is 12.8. The molecule has 6 nitrogen and oxygen atoms in total. The molecule has 0 aliphatic carbocycles. The highest BCUT2D eigenvalue weighted by molar-refractivity contribution is 7.92. The Hall–Kier alpha value is -3.27. The van der Waals surface area contributed by atoms with Crippen LogP contribution in [0.5, 0.6) is 0 Å². The maximum absolute atomic E-state index is 12.8. The average Bonchev–Trinajstić information content (AvgIpc) is 3.14. The van der Waals surface area contributed by atoms with E-state index >= 15 is 0 Å². The third-order valence-corrected chi connectivity index (χ3v) is 5.80. The molecule has 2 N–H and O–H groups in total. The van der Waals surface area contributed by atoms with Gasteiger partial charge in [0.1, 0.15) is 11.5 Å². The molecule has 0 fully saturated rings. The summed E-state index contributed by atoms with van der Waals surface area (Å²) in [5.74, 6) is 0.852. The molecule has 10 heteroatoms. The van der Waals surface area contributed by atoms with Crippen molar-refractivity contribution in [3.8, 4) is 0 Å². The van der Waals surface area contributed by atoms with Gasteiger partial charge in [-0.15, -0.1) is 0 Å². The zero-order valence-electron chi connectivity index (χ0n) is 16.5. The molecule has 1 heterocycles. The standard InChI is InChI=1S/C21H19F3N2O4S/c1-13-6-11-19(30-13)14(2)25-20(27)15-7-9-18(10-8-15)31(28,29)26-17-5-3-4-16(12-17)21(22,23)24/h3-12,14,26H,1-2H3,(H,25,27)/t14-/m0/s1. The molecule has 164 valence electrons. The minimum Gasteiger partial charge on any atom is -0.464 e. The number of anilines is 1. The molecule has 31 heavy (non-hydrogen) atoms. The van der Waals surface area contributed by atoms with Crippen molar-refractivity contribution in [3.63, 3.8) is 0 Å². The molecule has 0 aliphatic heterocycles. The van der Waals surface area contributed by atoms with E-state index in [-0.39, 0.29) is 16.1 Å². The summed E-state index contributed by atoms with van der Waals surface area (Å²) in [7, 11) is -4.15. The van der Waals surface area contributed by atoms with Gasteiger partial charge in [0.2, 0.25) is 0 Å². The number of furan rings is 1. The van der Waals surface area contributed by atoms with Crippen molar-refractivity contribution in [1.29, 1.82) is 0 Å². The lowest BCUT2D eigenvalue weighted by atomic mass is 10.2. The first-order valence-corrected chi connectivity index (χ1v) is 10.6. The van der Waals surface area contributed by atoms with Crippen LogP contribution in [-0.2, 0) is 16.2 Å². The average molecular weight is 452 g/mol. The summed E-state index contributed by atoms with van der Waals surface area (Å²) in [6.45, 7) is 3.53. The smallest absolute Gasteiger partial charge is 0.416 e. The van der Waals surface area contributed by atoms with Crippen molar-refractivity contribution in [1.82, 2.24) is 5.32 Å². The fourth-order valence-electron chi connectivity index (χ4n) is 2.80. The van der Waals surface area contributed by atoms with Crippen molar-refractivity contribution in [2.75, 3.05) is 4.72 Å². The van der Waals surface area contributed by atoms with Crippen LogP contribution in [0.2, 0.25) is 0 Å². The van der Waals surface area contributed by atoms with Crippen LogP contribution in [0.25, 0.3) is 0 Å². The molecule has 0 radical (unpaired) electrons. The molecule has 0 saturated heterocycles. The monoisotopic (exact) mass is 452 g/mol. The third kappa shape index (κ3) is 5.46. The van der Waals surface area contributed by atoms with Crippen molar-refractivity contribution < 1.29 is 30.8 Å². The molecular weight excluding hydrogens is 433 g/mol. The lowest BCUT2D eigenvalue weighted by Crippen LogP contribution is -2.26. The summed E-state index contributed by atoms with van der Waals surface area (Å²) in [4.78, 5) is 12.2. The van der Waals surface area contributed by atoms with E-state index in [1.807, 2.05) is 0 Å². The van der Waals surface area contributed by atoms with Crippen LogP contribution in [0.1, 0.15) is 40.4 Å². The molecule has 2 aromatic carbocycles. The molecule has 0 aliphatic rings. The second-order valence-electron chi connectivity index (χ2n) is 6.85. The summed E-state index contributed by atoms with van der Waals surface area (Å²) < 4.78 is 71.0. The second kappa shape index (κ2) is 8.46. The molecule has 3 rings (SSSR count). The Labute approximate surface area is 177 Å². The number of carbonyl (C=O) groups excluding carboxylic acids is 1. The van der Waals surface area contributed by atoms with Crippen LogP contribution in [0.15, 0.2) is 70.0 Å². The predicted molar refractivity (Wildman–Crippen MR) is 108 cm³/mol. The minimum atomic E-state index is -4.60. The van der Waals surface area contributed by atoms with Crippen molar-refractivity contribution >= 4 is 21.6 Å². The first-order chi connectivity index (χ1) is 14.5. The quantitative estimate of drug-likeness (QED) is 0.557. The minimum absolute atomic E-state index is 0.198. The molecule has 1 atom stereocenters. The van der Waals surface area contributed by atoms with E-state index in [1.165, 1.54) is 30.3 Å². The number of alkyl halides is 3. The maximum Gasteiger partial charge on any atom is 0.416 e. The zero-order valence-corrected chi connectivity index (χ0v) is 17.3. The van der Waals surface area contributed by atoms with E-state index < -0.39 is 33.7 Å². The Kier molecular flexibility index (Phi) is 6.12. The van der Waals surface area contributed by atoms with E-state index in [0.717, 1.165) is 12.1 Å². The van der Waals surface area contributed by atoms with Crippen LogP contribution in [0.3, 0.4) is 0 Å². The third-order valence-electron chi connectivity index (χ3n) is 4.40. The van der Waals surface area contributed by atoms with Gasteiger partial charge in [-0.2, -0.15) is 13.2 Å². The Morgan fingerprint density at radius 3 is 2.29 bits per heavy atom. The number of hydrogen-bond acceptors (Lipinski definition) is 4. The molecule has 3 aromatic rings. The number of nitrogens with one attached hydrogen (secondary N) is 2. The highest BCUT2D eigenvalue weighted by Crippen LogP contribution is 2.31. The van der Waals surface area contributed by atoms with Gasteiger partial charge in [-0.25, -0.2) is 8.42 Å². The molecule has 1 aromatic heterocycles. The molecule has 0 unspecified atom stereocenters. The van der Waals surface area contributed by atoms with E-state index in [1.54, 1.807) is 26.0 Å². The van der Waals surface area contributed by atoms with E-state index in [4.69, 9.17) is 4.42 Å². The van der Waals surface area contributed by atoms with E-state index in [2.05, 4.69) is 10.0 Å². The zero-order chi connectivity index (χ0) is 22.8. The first kappa shape index (κ1) is 22.4. The number of sulfonamides is 1. The number of aryl methyl sites for hydroxylation is 1. The predicted octanol–water partition coefficient (Wildman–Crippen LogP) is 4.90. The number of halogens is 3. The summed E-state index contributed by atoms with van der Waals surface area (Å²) in [6, 6.07) is 12.0. The van der Waals surface area contributed by atoms with Gasteiger partial charge in [-0.1, -0.05) is 6.07 Å². The highest BCUT2D eigenvalue weighted by atomic mass is 32.2. The normalized spacial score (nSPS) is 12.9. The fraction of sp³-hybridized carbons (Fsp3) is 0.190. The van der Waals surface area contributed by atoms with Gasteiger partial charge in [0.05, 0.1) is 16.5 Å². The highest BCUT2D eigenvalue weighted by Gasteiger charge is 2.30. The van der Waals surface area contributed by atoms with Gasteiger partial charge in [-0.05, 0) is 68.4 Å². The lowest BCUT2D eigenvalue weighted by Gasteiger charge is -2.13. The van der Waals surface area contributed by atoms with Gasteiger partial charge in [-0.3, -0.25) is 9.52 Å². The topological polar surface area (TPSA) is 88.4 Å². The Balaban J connectivity index is 1.72. The van der Waals surface area contributed by atoms with E-state index in [0.29, 0.717) is 17.6 Å². The lowest BCUT2D eigenvalue weighted by molar-refractivity contribution is -0.137. The van der Waals surface area contributed by atoms with Crippen LogP contribution in [-0.4, -0.2) is 14.3 Å². The number of amides is 1. The van der Waals surface area contributed by atoms with Gasteiger partial charge >= 0.3 is 6.18 Å². The van der Waals surface area contributed by atoms with Crippen LogP contribution < -0.4 is 10.0 Å². The van der Waals surface area contributed by atoms with Gasteiger partial charge < -0.3 is 9.73 Å². The van der Waals surface area contributed by atoms with Crippen LogP contribution >= 0.6 is 0 Å². The molecule has 0 bridgehead atoms. The molecule has 1 amide bonds. The number of rotatable bonds is 6. The molecule has 0 saturated carbocycles. The van der Waals surface area contributed by atoms with Gasteiger partial charge in [0.15, 0.2) is 0 Å². The molecular formula is C21H19F3N2O4S. The van der Waals surface area contributed by atoms with Crippen molar-refractivity contribution in [3.05, 3.63) is 83.3 Å². The Morgan fingerprint density at radius 1 is 1.03 bits per heavy atom. The number of hydrogen-bond donors (Lipinski definition) is 2. The molecule has 0 spiro atoms. The van der Waals surface area contributed by atoms with E-state index in [9.17, 15) is 26.4 Å². The summed E-state index contributed by atoms with van der Waals surface area (Å²) in [5, 5.41) is 2.74. The van der Waals surface area contributed by atoms with Crippen molar-refractivity contribution in [2.45, 2.75) is 31.0 Å². The Morgan fingerprint density at radius 2 is 1.71 bits per heavy atom. The van der Waals surface area contributed by atoms with Gasteiger partial charge in [0.25, 0.3) is 15.9 Å². The van der Waals surface area contributed by atoms with Gasteiger partial charge in [0, 0.05) is 11.3 Å².